The molecule has 90 valence electrons. The summed E-state index contributed by atoms with van der Waals surface area (Å²) < 4.78 is 30.7. The van der Waals surface area contributed by atoms with Crippen LogP contribution in [-0.4, -0.2) is 38.6 Å². The van der Waals surface area contributed by atoms with E-state index < -0.39 is 10.0 Å². The molecule has 0 amide bonds. The van der Waals surface area contributed by atoms with E-state index in [2.05, 4.69) is 9.71 Å². The zero-order valence-corrected chi connectivity index (χ0v) is 10.2. The second-order valence-electron chi connectivity index (χ2n) is 4.28. The van der Waals surface area contributed by atoms with Crippen LogP contribution in [0.1, 0.15) is 19.8 Å². The summed E-state index contributed by atoms with van der Waals surface area (Å²) in [5.74, 6) is 0. The molecule has 0 aromatic heterocycles. The number of aliphatic imine (C=N–C) groups is 1. The van der Waals surface area contributed by atoms with Gasteiger partial charge in [0.15, 0.2) is 0 Å². The molecule has 6 heteroatoms. The van der Waals surface area contributed by atoms with Crippen LogP contribution in [0.2, 0.25) is 0 Å². The van der Waals surface area contributed by atoms with Gasteiger partial charge in [0.2, 0.25) is 10.0 Å². The molecule has 1 fully saturated rings. The number of rotatable bonds is 4. The van der Waals surface area contributed by atoms with Crippen molar-refractivity contribution in [2.75, 3.05) is 6.26 Å². The fourth-order valence-corrected chi connectivity index (χ4v) is 2.33. The fraction of sp³-hybridized carbons (Fsp3) is 0.700. The highest BCUT2D eigenvalue weighted by Crippen LogP contribution is 2.27. The Morgan fingerprint density at radius 3 is 2.75 bits per heavy atom. The molecule has 0 spiro atoms. The van der Waals surface area contributed by atoms with E-state index in [4.69, 9.17) is 4.74 Å². The van der Waals surface area contributed by atoms with Gasteiger partial charge in [-0.05, 0) is 25.8 Å². The SMILES string of the molecule is CC1=NC=CC(NS(C)(=O)=O)C1OC1CC1. The predicted octanol–water partition coefficient (Wildman–Crippen LogP) is 0.440. The van der Waals surface area contributed by atoms with Crippen molar-refractivity contribution < 1.29 is 13.2 Å². The lowest BCUT2D eigenvalue weighted by molar-refractivity contribution is 0.0714. The largest absolute Gasteiger partial charge is 0.367 e. The van der Waals surface area contributed by atoms with Gasteiger partial charge in [0, 0.05) is 11.9 Å². The van der Waals surface area contributed by atoms with Crippen molar-refractivity contribution in [1.29, 1.82) is 0 Å². The van der Waals surface area contributed by atoms with Crippen molar-refractivity contribution in [3.8, 4) is 0 Å². The summed E-state index contributed by atoms with van der Waals surface area (Å²) in [6.07, 6.45) is 6.60. The molecule has 1 saturated carbocycles. The number of hydrogen-bond donors (Lipinski definition) is 1. The Morgan fingerprint density at radius 2 is 2.19 bits per heavy atom. The topological polar surface area (TPSA) is 67.8 Å². The molecule has 0 saturated heterocycles. The van der Waals surface area contributed by atoms with Crippen LogP contribution >= 0.6 is 0 Å². The first-order valence-corrected chi connectivity index (χ1v) is 7.18. The summed E-state index contributed by atoms with van der Waals surface area (Å²) in [7, 11) is -3.23. The fourth-order valence-electron chi connectivity index (χ4n) is 1.63. The summed E-state index contributed by atoms with van der Waals surface area (Å²) in [4.78, 5) is 4.15. The van der Waals surface area contributed by atoms with Crippen LogP contribution in [0.5, 0.6) is 0 Å². The molecule has 0 aromatic rings. The van der Waals surface area contributed by atoms with Gasteiger partial charge in [-0.2, -0.15) is 0 Å². The molecule has 2 rings (SSSR count). The van der Waals surface area contributed by atoms with Gasteiger partial charge in [0.25, 0.3) is 0 Å². The van der Waals surface area contributed by atoms with Crippen molar-refractivity contribution >= 4 is 15.7 Å². The van der Waals surface area contributed by atoms with Gasteiger partial charge < -0.3 is 4.74 Å². The second kappa shape index (κ2) is 4.27. The zero-order valence-electron chi connectivity index (χ0n) is 9.38. The number of nitrogens with zero attached hydrogens (tertiary/aromatic N) is 1. The van der Waals surface area contributed by atoms with E-state index in [1.165, 1.54) is 0 Å². The smallest absolute Gasteiger partial charge is 0.209 e. The van der Waals surface area contributed by atoms with Crippen LogP contribution in [-0.2, 0) is 14.8 Å². The highest BCUT2D eigenvalue weighted by Gasteiger charge is 2.33. The molecule has 1 aliphatic carbocycles. The lowest BCUT2D eigenvalue weighted by Crippen LogP contribution is -2.47. The van der Waals surface area contributed by atoms with E-state index in [-0.39, 0.29) is 18.2 Å². The minimum Gasteiger partial charge on any atom is -0.367 e. The zero-order chi connectivity index (χ0) is 11.8. The average Bonchev–Trinajstić information content (AvgIpc) is 2.92. The van der Waals surface area contributed by atoms with E-state index in [9.17, 15) is 8.42 Å². The number of hydrogen-bond acceptors (Lipinski definition) is 4. The maximum absolute atomic E-state index is 11.2. The highest BCUT2D eigenvalue weighted by atomic mass is 32.2. The molecule has 2 atom stereocenters. The lowest BCUT2D eigenvalue weighted by atomic mass is 10.1. The van der Waals surface area contributed by atoms with Gasteiger partial charge in [-0.15, -0.1) is 0 Å². The Balaban J connectivity index is 2.08. The molecule has 1 heterocycles. The van der Waals surface area contributed by atoms with E-state index in [1.807, 2.05) is 6.92 Å². The van der Waals surface area contributed by atoms with Gasteiger partial charge >= 0.3 is 0 Å². The molecule has 0 aromatic carbocycles. The van der Waals surface area contributed by atoms with E-state index >= 15 is 0 Å². The molecular formula is C10H16N2O3S. The molecule has 2 aliphatic rings. The summed E-state index contributed by atoms with van der Waals surface area (Å²) in [5, 5.41) is 0. The Kier molecular flexibility index (Phi) is 3.14. The predicted molar refractivity (Wildman–Crippen MR) is 61.9 cm³/mol. The number of sulfonamides is 1. The van der Waals surface area contributed by atoms with Gasteiger partial charge in [0.05, 0.1) is 18.4 Å². The second-order valence-corrected chi connectivity index (χ2v) is 6.06. The van der Waals surface area contributed by atoms with E-state index in [0.29, 0.717) is 0 Å². The molecule has 0 bridgehead atoms. The van der Waals surface area contributed by atoms with Crippen LogP contribution in [0.15, 0.2) is 17.3 Å². The first kappa shape index (κ1) is 11.8. The van der Waals surface area contributed by atoms with Crippen molar-refractivity contribution in [3.63, 3.8) is 0 Å². The van der Waals surface area contributed by atoms with Gasteiger partial charge in [-0.1, -0.05) is 0 Å². The van der Waals surface area contributed by atoms with Crippen LogP contribution in [0, 0.1) is 0 Å². The summed E-state index contributed by atoms with van der Waals surface area (Å²) in [5.41, 5.74) is 0.815. The highest BCUT2D eigenvalue weighted by molar-refractivity contribution is 7.88. The minimum atomic E-state index is -3.23. The van der Waals surface area contributed by atoms with Crippen molar-refractivity contribution in [1.82, 2.24) is 4.72 Å². The monoisotopic (exact) mass is 244 g/mol. The van der Waals surface area contributed by atoms with Crippen LogP contribution in [0.4, 0.5) is 0 Å². The first-order valence-electron chi connectivity index (χ1n) is 5.29. The molecule has 2 unspecified atom stereocenters. The Labute approximate surface area is 95.6 Å². The summed E-state index contributed by atoms with van der Waals surface area (Å²) in [6, 6.07) is -0.340. The van der Waals surface area contributed by atoms with Crippen molar-refractivity contribution in [3.05, 3.63) is 12.3 Å². The van der Waals surface area contributed by atoms with Crippen LogP contribution in [0.25, 0.3) is 0 Å². The maximum Gasteiger partial charge on any atom is 0.209 e. The third-order valence-corrected chi connectivity index (χ3v) is 3.22. The standard InChI is InChI=1S/C10H16N2O3S/c1-7-10(15-8-3-4-8)9(5-6-11-7)12-16(2,13)14/h5-6,8-10,12H,3-4H2,1-2H3. The van der Waals surface area contributed by atoms with Crippen molar-refractivity contribution in [2.24, 2.45) is 4.99 Å². The van der Waals surface area contributed by atoms with E-state index in [1.54, 1.807) is 12.3 Å². The molecular weight excluding hydrogens is 228 g/mol. The average molecular weight is 244 g/mol. The Bertz CT molecular complexity index is 423. The molecule has 16 heavy (non-hydrogen) atoms. The van der Waals surface area contributed by atoms with Gasteiger partial charge in [-0.3, -0.25) is 4.99 Å². The third kappa shape index (κ3) is 3.13. The number of ether oxygens (including phenoxy) is 1. The Morgan fingerprint density at radius 1 is 1.50 bits per heavy atom. The lowest BCUT2D eigenvalue weighted by Gasteiger charge is -2.27. The molecule has 5 nitrogen and oxygen atoms in total. The summed E-state index contributed by atoms with van der Waals surface area (Å²) in [6.45, 7) is 1.85. The Hall–Kier alpha value is -0.720. The molecule has 0 radical (unpaired) electrons. The number of nitrogens with one attached hydrogen (secondary N) is 1. The minimum absolute atomic E-state index is 0.269. The van der Waals surface area contributed by atoms with Gasteiger partial charge in [-0.25, -0.2) is 13.1 Å². The quantitative estimate of drug-likeness (QED) is 0.780. The normalized spacial score (nSPS) is 30.2. The van der Waals surface area contributed by atoms with Crippen molar-refractivity contribution in [2.45, 2.75) is 38.0 Å². The van der Waals surface area contributed by atoms with Crippen LogP contribution in [0.3, 0.4) is 0 Å². The van der Waals surface area contributed by atoms with E-state index in [0.717, 1.165) is 24.8 Å². The molecule has 1 N–H and O–H groups in total. The molecule has 1 aliphatic heterocycles. The maximum atomic E-state index is 11.2. The third-order valence-electron chi connectivity index (χ3n) is 2.52. The van der Waals surface area contributed by atoms with Gasteiger partial charge in [0.1, 0.15) is 6.10 Å². The first-order chi connectivity index (χ1) is 7.46. The van der Waals surface area contributed by atoms with Crippen LogP contribution < -0.4 is 4.72 Å². The summed E-state index contributed by atoms with van der Waals surface area (Å²) >= 11 is 0.